The molecular weight excluding hydrogens is 236 g/mol. The Morgan fingerprint density at radius 1 is 1.59 bits per heavy atom. The van der Waals surface area contributed by atoms with Crippen LogP contribution in [0.3, 0.4) is 0 Å². The molecule has 1 aromatic carbocycles. The van der Waals surface area contributed by atoms with Crippen LogP contribution in [0.15, 0.2) is 18.2 Å². The Morgan fingerprint density at radius 2 is 2.35 bits per heavy atom. The lowest BCUT2D eigenvalue weighted by atomic mass is 10.1. The molecule has 4 nitrogen and oxygen atoms in total. The van der Waals surface area contributed by atoms with Crippen molar-refractivity contribution in [3.63, 3.8) is 0 Å². The number of nitrogen functional groups attached to an aromatic ring is 1. The molecule has 1 aliphatic rings. The van der Waals surface area contributed by atoms with Crippen LogP contribution in [0, 0.1) is 0 Å². The summed E-state index contributed by atoms with van der Waals surface area (Å²) in [7, 11) is 0. The molecular formula is C12H16N2O2S. The Balaban J connectivity index is 2.29. The van der Waals surface area contributed by atoms with Gasteiger partial charge in [-0.2, -0.15) is 11.8 Å². The molecule has 1 aromatic rings. The predicted octanol–water partition coefficient (Wildman–Crippen LogP) is 1.91. The van der Waals surface area contributed by atoms with Gasteiger partial charge in [-0.3, -0.25) is 0 Å². The summed E-state index contributed by atoms with van der Waals surface area (Å²) in [4.78, 5) is 13.1. The molecule has 0 aromatic heterocycles. The highest BCUT2D eigenvalue weighted by Crippen LogP contribution is 2.29. The van der Waals surface area contributed by atoms with Crippen molar-refractivity contribution in [3.05, 3.63) is 23.8 Å². The largest absolute Gasteiger partial charge is 0.478 e. The third kappa shape index (κ3) is 2.66. The second-order valence-corrected chi connectivity index (χ2v) is 5.75. The van der Waals surface area contributed by atoms with E-state index in [4.69, 9.17) is 10.8 Å². The highest BCUT2D eigenvalue weighted by molar-refractivity contribution is 8.00. The number of carbonyl (C=O) groups is 1. The van der Waals surface area contributed by atoms with Gasteiger partial charge in [-0.15, -0.1) is 0 Å². The van der Waals surface area contributed by atoms with Crippen molar-refractivity contribution in [1.82, 2.24) is 0 Å². The van der Waals surface area contributed by atoms with Crippen LogP contribution >= 0.6 is 11.8 Å². The SMILES string of the molecule is CC1CN(c2cc(C(=O)O)ccc2N)CCS1. The van der Waals surface area contributed by atoms with Crippen LogP contribution in [-0.2, 0) is 0 Å². The standard InChI is InChI=1S/C12H16N2O2S/c1-8-7-14(4-5-17-8)11-6-9(12(15)16)2-3-10(11)13/h2-3,6,8H,4-5,7,13H2,1H3,(H,15,16). The zero-order valence-corrected chi connectivity index (χ0v) is 10.5. The molecule has 1 fully saturated rings. The number of anilines is 2. The minimum absolute atomic E-state index is 0.292. The lowest BCUT2D eigenvalue weighted by Gasteiger charge is -2.33. The third-order valence-corrected chi connectivity index (χ3v) is 4.00. The number of aromatic carboxylic acids is 1. The number of benzene rings is 1. The molecule has 1 unspecified atom stereocenters. The molecule has 1 saturated heterocycles. The third-order valence-electron chi connectivity index (χ3n) is 2.86. The molecule has 0 spiro atoms. The Morgan fingerprint density at radius 3 is 3.00 bits per heavy atom. The zero-order valence-electron chi connectivity index (χ0n) is 9.72. The summed E-state index contributed by atoms with van der Waals surface area (Å²) in [5, 5.41) is 9.54. The summed E-state index contributed by atoms with van der Waals surface area (Å²) in [5.74, 6) is 0.142. The van der Waals surface area contributed by atoms with Crippen LogP contribution < -0.4 is 10.6 Å². The molecule has 0 bridgehead atoms. The molecule has 3 N–H and O–H groups in total. The van der Waals surface area contributed by atoms with Crippen molar-refractivity contribution in [1.29, 1.82) is 0 Å². The molecule has 0 amide bonds. The van der Waals surface area contributed by atoms with Crippen molar-refractivity contribution in [2.45, 2.75) is 12.2 Å². The lowest BCUT2D eigenvalue weighted by molar-refractivity contribution is 0.0697. The Bertz CT molecular complexity index is 437. The molecule has 1 aliphatic heterocycles. The van der Waals surface area contributed by atoms with Crippen LogP contribution in [0.5, 0.6) is 0 Å². The highest BCUT2D eigenvalue weighted by atomic mass is 32.2. The van der Waals surface area contributed by atoms with Crippen molar-refractivity contribution in [3.8, 4) is 0 Å². The normalized spacial score (nSPS) is 20.3. The van der Waals surface area contributed by atoms with E-state index in [0.717, 1.165) is 24.5 Å². The minimum atomic E-state index is -0.911. The maximum atomic E-state index is 10.9. The van der Waals surface area contributed by atoms with E-state index in [0.29, 0.717) is 16.5 Å². The van der Waals surface area contributed by atoms with Crippen molar-refractivity contribution >= 4 is 29.1 Å². The summed E-state index contributed by atoms with van der Waals surface area (Å²) in [6, 6.07) is 4.88. The van der Waals surface area contributed by atoms with Crippen LogP contribution in [0.1, 0.15) is 17.3 Å². The van der Waals surface area contributed by atoms with Gasteiger partial charge in [-0.05, 0) is 18.2 Å². The van der Waals surface area contributed by atoms with Gasteiger partial charge >= 0.3 is 5.97 Å². The summed E-state index contributed by atoms with van der Waals surface area (Å²) >= 11 is 1.93. The van der Waals surface area contributed by atoms with Crippen molar-refractivity contribution in [2.75, 3.05) is 29.5 Å². The van der Waals surface area contributed by atoms with Crippen LogP contribution in [0.4, 0.5) is 11.4 Å². The highest BCUT2D eigenvalue weighted by Gasteiger charge is 2.19. The van der Waals surface area contributed by atoms with Crippen molar-refractivity contribution < 1.29 is 9.90 Å². The van der Waals surface area contributed by atoms with Gasteiger partial charge in [0.25, 0.3) is 0 Å². The quantitative estimate of drug-likeness (QED) is 0.787. The topological polar surface area (TPSA) is 66.6 Å². The average Bonchev–Trinajstić information content (AvgIpc) is 2.29. The maximum Gasteiger partial charge on any atom is 0.335 e. The molecule has 1 atom stereocenters. The van der Waals surface area contributed by atoms with E-state index in [2.05, 4.69) is 11.8 Å². The first-order valence-corrected chi connectivity index (χ1v) is 6.62. The number of nitrogens with two attached hydrogens (primary N) is 1. The summed E-state index contributed by atoms with van der Waals surface area (Å²) in [5.41, 5.74) is 7.71. The van der Waals surface area contributed by atoms with Crippen LogP contribution in [-0.4, -0.2) is 35.2 Å². The van der Waals surface area contributed by atoms with E-state index in [-0.39, 0.29) is 0 Å². The van der Waals surface area contributed by atoms with E-state index in [1.54, 1.807) is 18.2 Å². The van der Waals surface area contributed by atoms with Crippen molar-refractivity contribution in [2.24, 2.45) is 0 Å². The molecule has 17 heavy (non-hydrogen) atoms. The Kier molecular flexibility index (Phi) is 3.47. The number of nitrogens with zero attached hydrogens (tertiary/aromatic N) is 1. The second-order valence-electron chi connectivity index (χ2n) is 4.21. The van der Waals surface area contributed by atoms with E-state index in [9.17, 15) is 4.79 Å². The van der Waals surface area contributed by atoms with Gasteiger partial charge in [-0.1, -0.05) is 6.92 Å². The van der Waals surface area contributed by atoms with Gasteiger partial charge in [0.05, 0.1) is 16.9 Å². The smallest absolute Gasteiger partial charge is 0.335 e. The van der Waals surface area contributed by atoms with Gasteiger partial charge < -0.3 is 15.7 Å². The fourth-order valence-corrected chi connectivity index (χ4v) is 3.00. The molecule has 2 rings (SSSR count). The second kappa shape index (κ2) is 4.87. The van der Waals surface area contributed by atoms with E-state index in [1.807, 2.05) is 11.8 Å². The number of hydrogen-bond acceptors (Lipinski definition) is 4. The molecule has 92 valence electrons. The zero-order chi connectivity index (χ0) is 12.4. The summed E-state index contributed by atoms with van der Waals surface area (Å²) < 4.78 is 0. The van der Waals surface area contributed by atoms with Gasteiger partial charge in [0.15, 0.2) is 0 Å². The first-order chi connectivity index (χ1) is 8.08. The fourth-order valence-electron chi connectivity index (χ4n) is 1.99. The van der Waals surface area contributed by atoms with Gasteiger partial charge in [-0.25, -0.2) is 4.79 Å². The van der Waals surface area contributed by atoms with E-state index < -0.39 is 5.97 Å². The molecule has 1 heterocycles. The van der Waals surface area contributed by atoms with E-state index in [1.165, 1.54) is 0 Å². The van der Waals surface area contributed by atoms with E-state index >= 15 is 0 Å². The number of rotatable bonds is 2. The number of carboxylic acid groups (broad SMARTS) is 1. The molecule has 0 saturated carbocycles. The summed E-state index contributed by atoms with van der Waals surface area (Å²) in [6.07, 6.45) is 0. The Hall–Kier alpha value is -1.36. The number of thioether (sulfide) groups is 1. The van der Waals surface area contributed by atoms with Gasteiger partial charge in [0.1, 0.15) is 0 Å². The molecule has 0 aliphatic carbocycles. The molecule has 5 heteroatoms. The van der Waals surface area contributed by atoms with Crippen LogP contribution in [0.2, 0.25) is 0 Å². The van der Waals surface area contributed by atoms with Gasteiger partial charge in [0.2, 0.25) is 0 Å². The average molecular weight is 252 g/mol. The monoisotopic (exact) mass is 252 g/mol. The maximum absolute atomic E-state index is 10.9. The lowest BCUT2D eigenvalue weighted by Crippen LogP contribution is -2.37. The fraction of sp³-hybridized carbons (Fsp3) is 0.417. The van der Waals surface area contributed by atoms with Gasteiger partial charge in [0, 0.05) is 24.1 Å². The minimum Gasteiger partial charge on any atom is -0.478 e. The first kappa shape index (κ1) is 12.1. The summed E-state index contributed by atoms with van der Waals surface area (Å²) in [6.45, 7) is 4.01. The molecule has 0 radical (unpaired) electrons. The first-order valence-electron chi connectivity index (χ1n) is 5.57. The number of carboxylic acids is 1. The number of hydrogen-bond donors (Lipinski definition) is 2. The predicted molar refractivity (Wildman–Crippen MR) is 71.9 cm³/mol. The van der Waals surface area contributed by atoms with Crippen LogP contribution in [0.25, 0.3) is 0 Å². The Labute approximate surface area is 105 Å².